The molecule has 0 aliphatic carbocycles. The highest BCUT2D eigenvalue weighted by Crippen LogP contribution is 2.15. The van der Waals surface area contributed by atoms with Crippen LogP contribution in [-0.4, -0.2) is 34.7 Å². The number of aryl methyl sites for hydroxylation is 1. The zero-order valence-electron chi connectivity index (χ0n) is 19.0. The number of hydrogen-bond donors (Lipinski definition) is 3. The Morgan fingerprint density at radius 3 is 2.66 bits per heavy atom. The molecule has 2 aromatic carbocycles. The fourth-order valence-corrected chi connectivity index (χ4v) is 3.26. The van der Waals surface area contributed by atoms with E-state index in [-0.39, 0.29) is 12.5 Å². The maximum Gasteiger partial charge on any atom is 0.246 e. The predicted molar refractivity (Wildman–Crippen MR) is 130 cm³/mol. The molecule has 1 aromatic heterocycles. The number of hydrogen-bond acceptors (Lipinski definition) is 3. The van der Waals surface area contributed by atoms with Crippen molar-refractivity contribution >= 4 is 17.6 Å². The molecule has 7 heteroatoms. The molecule has 0 saturated heterocycles. The molecule has 0 bridgehead atoms. The van der Waals surface area contributed by atoms with Gasteiger partial charge in [0, 0.05) is 31.2 Å². The average molecular weight is 433 g/mol. The van der Waals surface area contributed by atoms with Gasteiger partial charge in [-0.05, 0) is 49.1 Å². The van der Waals surface area contributed by atoms with Crippen LogP contribution in [0, 0.1) is 6.92 Å². The molecule has 1 amide bonds. The van der Waals surface area contributed by atoms with Crippen molar-refractivity contribution in [2.24, 2.45) is 4.99 Å². The third-order valence-corrected chi connectivity index (χ3v) is 5.06. The number of aliphatic imine (C=N–C) groups is 1. The topological polar surface area (TPSA) is 83.3 Å². The molecule has 0 saturated carbocycles. The van der Waals surface area contributed by atoms with Crippen LogP contribution in [0.15, 0.2) is 72.0 Å². The first-order valence-corrected chi connectivity index (χ1v) is 11.0. The van der Waals surface area contributed by atoms with Gasteiger partial charge in [0.15, 0.2) is 5.96 Å². The first-order valence-electron chi connectivity index (χ1n) is 11.0. The van der Waals surface area contributed by atoms with E-state index < -0.39 is 0 Å². The van der Waals surface area contributed by atoms with Crippen LogP contribution < -0.4 is 16.0 Å². The molecule has 1 heterocycles. The van der Waals surface area contributed by atoms with Gasteiger partial charge in [0.1, 0.15) is 6.54 Å². The van der Waals surface area contributed by atoms with Crippen LogP contribution in [0.3, 0.4) is 0 Å². The summed E-state index contributed by atoms with van der Waals surface area (Å²) in [6.07, 6.45) is 3.42. The number of guanidine groups is 1. The Labute approximate surface area is 190 Å². The van der Waals surface area contributed by atoms with Crippen molar-refractivity contribution in [2.75, 3.05) is 18.4 Å². The Morgan fingerprint density at radius 2 is 1.94 bits per heavy atom. The van der Waals surface area contributed by atoms with Gasteiger partial charge in [-0.3, -0.25) is 9.48 Å². The van der Waals surface area contributed by atoms with Crippen LogP contribution in [0.2, 0.25) is 0 Å². The first kappa shape index (κ1) is 23.1. The van der Waals surface area contributed by atoms with Crippen molar-refractivity contribution in [3.8, 4) is 0 Å². The van der Waals surface area contributed by atoms with Crippen molar-refractivity contribution in [2.45, 2.75) is 39.8 Å². The van der Waals surface area contributed by atoms with Gasteiger partial charge in [-0.2, -0.15) is 5.10 Å². The Bertz CT molecular complexity index is 1010. The summed E-state index contributed by atoms with van der Waals surface area (Å²) in [4.78, 5) is 16.9. The molecular weight excluding hydrogens is 400 g/mol. The van der Waals surface area contributed by atoms with E-state index in [1.807, 2.05) is 24.3 Å². The molecular formula is C25H32N6O. The van der Waals surface area contributed by atoms with Crippen LogP contribution in [-0.2, 0) is 17.9 Å². The summed E-state index contributed by atoms with van der Waals surface area (Å²) in [5, 5.41) is 13.7. The SMILES string of the molecule is CCNC(=NCc1cccc(NC(=O)Cn2cccn2)c1)NCC(C)c1ccc(C)cc1. The highest BCUT2D eigenvalue weighted by molar-refractivity contribution is 5.90. The van der Waals surface area contributed by atoms with Crippen molar-refractivity contribution in [1.82, 2.24) is 20.4 Å². The highest BCUT2D eigenvalue weighted by atomic mass is 16.2. The van der Waals surface area contributed by atoms with Gasteiger partial charge in [0.2, 0.25) is 5.91 Å². The van der Waals surface area contributed by atoms with Crippen LogP contribution in [0.25, 0.3) is 0 Å². The summed E-state index contributed by atoms with van der Waals surface area (Å²) in [5.74, 6) is 1.03. The van der Waals surface area contributed by atoms with Gasteiger partial charge >= 0.3 is 0 Å². The molecule has 0 radical (unpaired) electrons. The molecule has 0 fully saturated rings. The second-order valence-electron chi connectivity index (χ2n) is 7.84. The van der Waals surface area contributed by atoms with Crippen LogP contribution in [0.5, 0.6) is 0 Å². The summed E-state index contributed by atoms with van der Waals surface area (Å²) in [7, 11) is 0. The zero-order valence-corrected chi connectivity index (χ0v) is 19.0. The van der Waals surface area contributed by atoms with Crippen LogP contribution >= 0.6 is 0 Å². The molecule has 1 unspecified atom stereocenters. The monoisotopic (exact) mass is 432 g/mol. The minimum absolute atomic E-state index is 0.116. The van der Waals surface area contributed by atoms with E-state index in [4.69, 9.17) is 4.99 Å². The molecule has 3 N–H and O–H groups in total. The molecule has 0 aliphatic rings. The van der Waals surface area contributed by atoms with E-state index in [2.05, 4.69) is 66.1 Å². The number of benzene rings is 2. The van der Waals surface area contributed by atoms with E-state index >= 15 is 0 Å². The number of anilines is 1. The van der Waals surface area contributed by atoms with Crippen LogP contribution in [0.1, 0.15) is 36.5 Å². The lowest BCUT2D eigenvalue weighted by Gasteiger charge is -2.16. The normalized spacial score (nSPS) is 12.3. The van der Waals surface area contributed by atoms with E-state index in [1.54, 1.807) is 23.1 Å². The smallest absolute Gasteiger partial charge is 0.246 e. The fraction of sp³-hybridized carbons (Fsp3) is 0.320. The van der Waals surface area contributed by atoms with Gasteiger partial charge < -0.3 is 16.0 Å². The molecule has 3 aromatic rings. The summed E-state index contributed by atoms with van der Waals surface area (Å²) in [6, 6.07) is 18.2. The summed E-state index contributed by atoms with van der Waals surface area (Å²) >= 11 is 0. The number of carbonyl (C=O) groups is 1. The quantitative estimate of drug-likeness (QED) is 0.356. The third kappa shape index (κ3) is 7.27. The van der Waals surface area contributed by atoms with Gasteiger partial charge in [-0.15, -0.1) is 0 Å². The van der Waals surface area contributed by atoms with E-state index in [9.17, 15) is 4.79 Å². The summed E-state index contributed by atoms with van der Waals surface area (Å²) in [6.45, 7) is 8.63. The Balaban J connectivity index is 1.56. The Morgan fingerprint density at radius 1 is 1.12 bits per heavy atom. The minimum Gasteiger partial charge on any atom is -0.357 e. The molecule has 7 nitrogen and oxygen atoms in total. The molecule has 1 atom stereocenters. The fourth-order valence-electron chi connectivity index (χ4n) is 3.26. The molecule has 32 heavy (non-hydrogen) atoms. The van der Waals surface area contributed by atoms with Gasteiger partial charge in [-0.25, -0.2) is 4.99 Å². The lowest BCUT2D eigenvalue weighted by molar-refractivity contribution is -0.116. The van der Waals surface area contributed by atoms with E-state index in [0.29, 0.717) is 12.5 Å². The maximum absolute atomic E-state index is 12.2. The van der Waals surface area contributed by atoms with Gasteiger partial charge in [0.25, 0.3) is 0 Å². The number of aromatic nitrogens is 2. The van der Waals surface area contributed by atoms with Gasteiger partial charge in [0.05, 0.1) is 6.54 Å². The number of carbonyl (C=O) groups excluding carboxylic acids is 1. The standard InChI is InChI=1S/C25H32N6O/c1-4-26-25(27-16-20(3)22-11-9-19(2)10-12-22)28-17-21-7-5-8-23(15-21)30-24(32)18-31-14-6-13-29-31/h5-15,20H,4,16-18H2,1-3H3,(H,30,32)(H2,26,27,28). The highest BCUT2D eigenvalue weighted by Gasteiger charge is 2.07. The largest absolute Gasteiger partial charge is 0.357 e. The first-order chi connectivity index (χ1) is 15.5. The lowest BCUT2D eigenvalue weighted by atomic mass is 10.0. The zero-order chi connectivity index (χ0) is 22.8. The second-order valence-corrected chi connectivity index (χ2v) is 7.84. The van der Waals surface area contributed by atoms with Crippen LogP contribution in [0.4, 0.5) is 5.69 Å². The Hall–Kier alpha value is -3.61. The number of rotatable bonds is 9. The van der Waals surface area contributed by atoms with E-state index in [1.165, 1.54) is 11.1 Å². The maximum atomic E-state index is 12.2. The molecule has 3 rings (SSSR count). The summed E-state index contributed by atoms with van der Waals surface area (Å²) in [5.41, 5.74) is 4.34. The average Bonchev–Trinajstić information content (AvgIpc) is 3.29. The number of amides is 1. The number of nitrogens with one attached hydrogen (secondary N) is 3. The van der Waals surface area contributed by atoms with Crippen molar-refractivity contribution in [1.29, 1.82) is 0 Å². The second kappa shape index (κ2) is 11.7. The van der Waals surface area contributed by atoms with Crippen molar-refractivity contribution in [3.05, 3.63) is 83.7 Å². The predicted octanol–water partition coefficient (Wildman–Crippen LogP) is 3.69. The molecule has 0 aliphatic heterocycles. The molecule has 0 spiro atoms. The third-order valence-electron chi connectivity index (χ3n) is 5.06. The Kier molecular flexibility index (Phi) is 8.43. The molecule has 168 valence electrons. The van der Waals surface area contributed by atoms with Gasteiger partial charge in [-0.1, -0.05) is 48.9 Å². The lowest BCUT2D eigenvalue weighted by Crippen LogP contribution is -2.39. The number of nitrogens with zero attached hydrogens (tertiary/aromatic N) is 3. The van der Waals surface area contributed by atoms with Crippen molar-refractivity contribution in [3.63, 3.8) is 0 Å². The van der Waals surface area contributed by atoms with Crippen molar-refractivity contribution < 1.29 is 4.79 Å². The van der Waals surface area contributed by atoms with E-state index in [0.717, 1.165) is 30.3 Å². The summed E-state index contributed by atoms with van der Waals surface area (Å²) < 4.78 is 1.59. The minimum atomic E-state index is -0.116.